The average molecular weight is 500 g/mol. The Morgan fingerprint density at radius 3 is 2.53 bits per heavy atom. The number of hydrogen-bond donors (Lipinski definition) is 0. The smallest absolute Gasteiger partial charge is 0.253 e. The molecule has 0 bridgehead atoms. The van der Waals surface area contributed by atoms with Gasteiger partial charge in [0.15, 0.2) is 0 Å². The minimum absolute atomic E-state index is 0.355. The molecule has 2 aromatic heterocycles. The van der Waals surface area contributed by atoms with Gasteiger partial charge in [0, 0.05) is 27.0 Å². The maximum absolute atomic E-state index is 6.25. The monoisotopic (exact) mass is 498 g/mol. The lowest BCUT2D eigenvalue weighted by molar-refractivity contribution is 0.218. The van der Waals surface area contributed by atoms with Crippen molar-refractivity contribution >= 4 is 63.9 Å². The Bertz CT molecular complexity index is 1200. The number of nitrogens with zero attached hydrogens (tertiary/aromatic N) is 4. The first-order valence-corrected chi connectivity index (χ1v) is 11.3. The second-order valence-corrected chi connectivity index (χ2v) is 8.90. The fourth-order valence-electron chi connectivity index (χ4n) is 2.79. The summed E-state index contributed by atoms with van der Waals surface area (Å²) >= 11 is 26.1. The number of benzene rings is 2. The van der Waals surface area contributed by atoms with Gasteiger partial charge in [0.25, 0.3) is 5.78 Å². The predicted molar refractivity (Wildman–Crippen MR) is 122 cm³/mol. The van der Waals surface area contributed by atoms with Crippen LogP contribution in [0.25, 0.3) is 5.78 Å². The van der Waals surface area contributed by atoms with Crippen molar-refractivity contribution in [1.82, 2.24) is 19.6 Å². The molecule has 4 rings (SSSR count). The van der Waals surface area contributed by atoms with Crippen LogP contribution in [0.15, 0.2) is 53.8 Å². The molecule has 30 heavy (non-hydrogen) atoms. The molecule has 2 aromatic carbocycles. The number of halogens is 4. The summed E-state index contributed by atoms with van der Waals surface area (Å²) in [5.41, 5.74) is 1.62. The van der Waals surface area contributed by atoms with Gasteiger partial charge in [0.2, 0.25) is 5.16 Å². The third-order valence-electron chi connectivity index (χ3n) is 4.27. The highest BCUT2D eigenvalue weighted by Crippen LogP contribution is 2.32. The molecule has 0 saturated heterocycles. The molecule has 2 heterocycles. The molecule has 0 fully saturated rings. The molecule has 5 nitrogen and oxygen atoms in total. The van der Waals surface area contributed by atoms with Gasteiger partial charge >= 0.3 is 0 Å². The molecule has 0 aliphatic carbocycles. The lowest BCUT2D eigenvalue weighted by Gasteiger charge is -2.16. The third-order valence-corrected chi connectivity index (χ3v) is 6.37. The Hall–Kier alpha value is -1.70. The second-order valence-electron chi connectivity index (χ2n) is 6.30. The van der Waals surface area contributed by atoms with E-state index in [0.717, 1.165) is 11.3 Å². The van der Waals surface area contributed by atoms with E-state index < -0.39 is 0 Å². The topological polar surface area (TPSA) is 52.3 Å². The molecule has 0 N–H and O–H groups in total. The summed E-state index contributed by atoms with van der Waals surface area (Å²) in [6, 6.07) is 12.3. The number of ether oxygens (including phenoxy) is 1. The molecule has 4 aromatic rings. The molecule has 0 aliphatic rings. The van der Waals surface area contributed by atoms with Crippen molar-refractivity contribution in [2.75, 3.05) is 0 Å². The number of aromatic nitrogens is 4. The van der Waals surface area contributed by atoms with Gasteiger partial charge in [-0.05, 0) is 48.9 Å². The second kappa shape index (κ2) is 9.20. The van der Waals surface area contributed by atoms with E-state index in [-0.39, 0.29) is 6.10 Å². The summed E-state index contributed by atoms with van der Waals surface area (Å²) < 4.78 is 7.67. The van der Waals surface area contributed by atoms with Gasteiger partial charge in [0.1, 0.15) is 11.9 Å². The summed E-state index contributed by atoms with van der Waals surface area (Å²) in [5, 5.41) is 7.33. The van der Waals surface area contributed by atoms with E-state index >= 15 is 0 Å². The molecule has 154 valence electrons. The van der Waals surface area contributed by atoms with Crippen LogP contribution < -0.4 is 4.74 Å². The van der Waals surface area contributed by atoms with Gasteiger partial charge in [-0.25, -0.2) is 4.98 Å². The minimum Gasteiger partial charge on any atom is -0.483 e. The van der Waals surface area contributed by atoms with Crippen LogP contribution in [0.4, 0.5) is 0 Å². The summed E-state index contributed by atoms with van der Waals surface area (Å²) in [6.45, 7) is 1.90. The highest BCUT2D eigenvalue weighted by atomic mass is 35.5. The Labute approximate surface area is 197 Å². The zero-order chi connectivity index (χ0) is 21.3. The average Bonchev–Trinajstić information content (AvgIpc) is 3.12. The zero-order valence-electron chi connectivity index (χ0n) is 15.5. The fourth-order valence-corrected chi connectivity index (χ4v) is 4.80. The molecular weight excluding hydrogens is 486 g/mol. The van der Waals surface area contributed by atoms with Gasteiger partial charge < -0.3 is 4.74 Å². The van der Waals surface area contributed by atoms with Gasteiger partial charge in [-0.15, -0.1) is 5.10 Å². The van der Waals surface area contributed by atoms with Crippen LogP contribution in [0, 0.1) is 0 Å². The van der Waals surface area contributed by atoms with Crippen molar-refractivity contribution < 1.29 is 4.74 Å². The standard InChI is InChI=1S/C20H14Cl4N4OS/c1-11(29-18-6-5-12(21)9-16(18)24)17-7-8-25-19-26-20(27-28(17)19)30-10-13-14(22)3-2-4-15(13)23/h2-9,11H,10H2,1H3/t11-/m0/s1. The number of fused-ring (bicyclic) bond motifs is 1. The fraction of sp³-hybridized carbons (Fsp3) is 0.150. The van der Waals surface area contributed by atoms with E-state index in [1.165, 1.54) is 11.8 Å². The Morgan fingerprint density at radius 1 is 1.03 bits per heavy atom. The van der Waals surface area contributed by atoms with Crippen LogP contribution in [-0.2, 0) is 5.75 Å². The van der Waals surface area contributed by atoms with Gasteiger partial charge in [-0.2, -0.15) is 9.50 Å². The Balaban J connectivity index is 1.57. The summed E-state index contributed by atoms with van der Waals surface area (Å²) in [5.74, 6) is 1.54. The van der Waals surface area contributed by atoms with E-state index in [1.54, 1.807) is 41.0 Å². The van der Waals surface area contributed by atoms with Crippen molar-refractivity contribution in [3.63, 3.8) is 0 Å². The summed E-state index contributed by atoms with van der Waals surface area (Å²) in [6.07, 6.45) is 1.31. The normalized spacial score (nSPS) is 12.3. The molecule has 0 spiro atoms. The van der Waals surface area contributed by atoms with E-state index in [1.807, 2.05) is 19.1 Å². The van der Waals surface area contributed by atoms with Crippen molar-refractivity contribution in [2.24, 2.45) is 0 Å². The van der Waals surface area contributed by atoms with Crippen LogP contribution in [0.1, 0.15) is 24.3 Å². The number of rotatable bonds is 6. The molecule has 1 atom stereocenters. The highest BCUT2D eigenvalue weighted by Gasteiger charge is 2.17. The lowest BCUT2D eigenvalue weighted by atomic mass is 10.2. The van der Waals surface area contributed by atoms with Gasteiger partial charge in [0.05, 0.1) is 10.7 Å². The predicted octanol–water partition coefficient (Wildman–Crippen LogP) is 7.17. The Kier molecular flexibility index (Phi) is 6.60. The molecule has 0 radical (unpaired) electrons. The van der Waals surface area contributed by atoms with Crippen LogP contribution in [-0.4, -0.2) is 19.6 Å². The summed E-state index contributed by atoms with van der Waals surface area (Å²) in [7, 11) is 0. The summed E-state index contributed by atoms with van der Waals surface area (Å²) in [4.78, 5) is 8.78. The maximum atomic E-state index is 6.25. The third kappa shape index (κ3) is 4.63. The molecule has 0 unspecified atom stereocenters. The van der Waals surface area contributed by atoms with E-state index in [2.05, 4.69) is 15.1 Å². The highest BCUT2D eigenvalue weighted by molar-refractivity contribution is 7.98. The SMILES string of the molecule is C[C@H](Oc1ccc(Cl)cc1Cl)c1ccnc2nc(SCc3c(Cl)cccc3Cl)nn12. The van der Waals surface area contributed by atoms with Gasteiger partial charge in [-0.3, -0.25) is 0 Å². The first kappa shape index (κ1) is 21.5. The van der Waals surface area contributed by atoms with Crippen molar-refractivity contribution in [1.29, 1.82) is 0 Å². The lowest BCUT2D eigenvalue weighted by Crippen LogP contribution is -2.10. The van der Waals surface area contributed by atoms with Crippen LogP contribution >= 0.6 is 58.2 Å². The van der Waals surface area contributed by atoms with E-state index in [0.29, 0.717) is 42.5 Å². The first-order valence-electron chi connectivity index (χ1n) is 8.81. The molecule has 0 amide bonds. The largest absolute Gasteiger partial charge is 0.483 e. The molecular formula is C20H14Cl4N4OS. The van der Waals surface area contributed by atoms with Crippen LogP contribution in [0.3, 0.4) is 0 Å². The maximum Gasteiger partial charge on any atom is 0.253 e. The quantitative estimate of drug-likeness (QED) is 0.263. The molecule has 0 aliphatic heterocycles. The Morgan fingerprint density at radius 2 is 1.80 bits per heavy atom. The minimum atomic E-state index is -0.355. The van der Waals surface area contributed by atoms with Crippen LogP contribution in [0.2, 0.25) is 20.1 Å². The van der Waals surface area contributed by atoms with Gasteiger partial charge in [-0.1, -0.05) is 64.2 Å². The van der Waals surface area contributed by atoms with Crippen molar-refractivity contribution in [2.45, 2.75) is 23.9 Å². The van der Waals surface area contributed by atoms with Crippen molar-refractivity contribution in [3.8, 4) is 5.75 Å². The number of thioether (sulfide) groups is 1. The number of hydrogen-bond acceptors (Lipinski definition) is 5. The van der Waals surface area contributed by atoms with E-state index in [4.69, 9.17) is 51.1 Å². The molecule has 10 heteroatoms. The zero-order valence-corrected chi connectivity index (χ0v) is 19.4. The first-order chi connectivity index (χ1) is 14.4. The van der Waals surface area contributed by atoms with Crippen LogP contribution in [0.5, 0.6) is 5.75 Å². The van der Waals surface area contributed by atoms with E-state index in [9.17, 15) is 0 Å². The molecule has 0 saturated carbocycles. The van der Waals surface area contributed by atoms with Crippen molar-refractivity contribution in [3.05, 3.63) is 80.0 Å².